The predicted molar refractivity (Wildman–Crippen MR) is 58.7 cm³/mol. The van der Waals surface area contributed by atoms with E-state index in [-0.39, 0.29) is 5.91 Å². The van der Waals surface area contributed by atoms with Crippen molar-refractivity contribution < 1.29 is 9.21 Å². The summed E-state index contributed by atoms with van der Waals surface area (Å²) in [5.41, 5.74) is 1.52. The third-order valence-corrected chi connectivity index (χ3v) is 2.45. The fourth-order valence-electron chi connectivity index (χ4n) is 1.51. The first-order valence-corrected chi connectivity index (χ1v) is 4.74. The van der Waals surface area contributed by atoms with Gasteiger partial charge >= 0.3 is 0 Å². The van der Waals surface area contributed by atoms with Crippen LogP contribution < -0.4 is 0 Å². The average Bonchev–Trinajstić information content (AvgIpc) is 2.41. The highest BCUT2D eigenvalue weighted by Crippen LogP contribution is 2.21. The number of terminal acetylenes is 1. The lowest BCUT2D eigenvalue weighted by molar-refractivity contribution is 0.0810. The van der Waals surface area contributed by atoms with E-state index in [0.29, 0.717) is 17.9 Å². The van der Waals surface area contributed by atoms with E-state index in [1.54, 1.807) is 14.0 Å². The molecule has 0 spiro atoms. The highest BCUT2D eigenvalue weighted by molar-refractivity contribution is 5.96. The van der Waals surface area contributed by atoms with Gasteiger partial charge in [0.1, 0.15) is 11.5 Å². The molecule has 0 aliphatic heterocycles. The van der Waals surface area contributed by atoms with E-state index < -0.39 is 0 Å². The molecule has 0 N–H and O–H groups in total. The Bertz CT molecular complexity index is 424. The first-order chi connectivity index (χ1) is 6.99. The van der Waals surface area contributed by atoms with Gasteiger partial charge in [-0.15, -0.1) is 6.42 Å². The van der Waals surface area contributed by atoms with E-state index in [2.05, 4.69) is 5.92 Å². The molecule has 0 radical (unpaired) electrons. The number of hydrogen-bond donors (Lipinski definition) is 0. The normalized spacial score (nSPS) is 9.80. The minimum atomic E-state index is -0.0835. The summed E-state index contributed by atoms with van der Waals surface area (Å²) in [5, 5.41) is 0. The third kappa shape index (κ3) is 2.04. The van der Waals surface area contributed by atoms with Gasteiger partial charge in [-0.05, 0) is 20.8 Å². The second-order valence-electron chi connectivity index (χ2n) is 3.58. The Morgan fingerprint density at radius 2 is 2.00 bits per heavy atom. The molecule has 0 unspecified atom stereocenters. The summed E-state index contributed by atoms with van der Waals surface area (Å²) >= 11 is 0. The number of aryl methyl sites for hydroxylation is 2. The monoisotopic (exact) mass is 205 g/mol. The van der Waals surface area contributed by atoms with Crippen LogP contribution in [-0.4, -0.2) is 24.4 Å². The average molecular weight is 205 g/mol. The van der Waals surface area contributed by atoms with Crippen LogP contribution in [0.2, 0.25) is 0 Å². The highest BCUT2D eigenvalue weighted by Gasteiger charge is 2.20. The summed E-state index contributed by atoms with van der Waals surface area (Å²) in [4.78, 5) is 13.5. The van der Waals surface area contributed by atoms with E-state index in [1.165, 1.54) is 4.90 Å². The molecule has 0 aliphatic rings. The molecule has 1 heterocycles. The third-order valence-electron chi connectivity index (χ3n) is 2.45. The molecule has 1 amide bonds. The smallest absolute Gasteiger partial charge is 0.258 e. The number of furan rings is 1. The second-order valence-corrected chi connectivity index (χ2v) is 3.58. The van der Waals surface area contributed by atoms with Crippen LogP contribution in [-0.2, 0) is 0 Å². The molecule has 3 heteroatoms. The SMILES string of the molecule is C#CCN(C)C(=O)c1c(C)oc(C)c1C. The maximum Gasteiger partial charge on any atom is 0.258 e. The Morgan fingerprint density at radius 3 is 2.40 bits per heavy atom. The van der Waals surface area contributed by atoms with Gasteiger partial charge in [-0.3, -0.25) is 4.79 Å². The van der Waals surface area contributed by atoms with Gasteiger partial charge in [-0.1, -0.05) is 5.92 Å². The van der Waals surface area contributed by atoms with Crippen molar-refractivity contribution in [3.8, 4) is 12.3 Å². The van der Waals surface area contributed by atoms with Crippen molar-refractivity contribution in [2.75, 3.05) is 13.6 Å². The van der Waals surface area contributed by atoms with Crippen LogP contribution in [0.25, 0.3) is 0 Å². The zero-order valence-corrected chi connectivity index (χ0v) is 9.55. The van der Waals surface area contributed by atoms with E-state index in [1.807, 2.05) is 13.8 Å². The van der Waals surface area contributed by atoms with E-state index in [0.717, 1.165) is 11.3 Å². The van der Waals surface area contributed by atoms with Crippen molar-refractivity contribution in [1.29, 1.82) is 0 Å². The summed E-state index contributed by atoms with van der Waals surface area (Å²) in [7, 11) is 1.68. The molecule has 0 saturated carbocycles. The number of nitrogens with zero attached hydrogens (tertiary/aromatic N) is 1. The van der Waals surface area contributed by atoms with Gasteiger partial charge in [0.25, 0.3) is 5.91 Å². The molecule has 15 heavy (non-hydrogen) atoms. The van der Waals surface area contributed by atoms with Crippen molar-refractivity contribution >= 4 is 5.91 Å². The standard InChI is InChI=1S/C12H15NO2/c1-6-7-13(5)12(14)11-8(2)9(3)15-10(11)4/h1H,7H2,2-5H3. The van der Waals surface area contributed by atoms with Gasteiger partial charge in [0, 0.05) is 12.6 Å². The van der Waals surface area contributed by atoms with Crippen molar-refractivity contribution in [2.45, 2.75) is 20.8 Å². The largest absolute Gasteiger partial charge is 0.466 e. The van der Waals surface area contributed by atoms with Gasteiger partial charge in [0.15, 0.2) is 0 Å². The number of carbonyl (C=O) groups excluding carboxylic acids is 1. The van der Waals surface area contributed by atoms with Gasteiger partial charge < -0.3 is 9.32 Å². The molecule has 0 fully saturated rings. The van der Waals surface area contributed by atoms with Gasteiger partial charge in [0.2, 0.25) is 0 Å². The van der Waals surface area contributed by atoms with Crippen molar-refractivity contribution in [1.82, 2.24) is 4.90 Å². The number of carbonyl (C=O) groups is 1. The van der Waals surface area contributed by atoms with Crippen LogP contribution in [0.15, 0.2) is 4.42 Å². The second kappa shape index (κ2) is 4.22. The predicted octanol–water partition coefficient (Wildman–Crippen LogP) is 1.91. The molecule has 1 aromatic rings. The minimum Gasteiger partial charge on any atom is -0.466 e. The van der Waals surface area contributed by atoms with Gasteiger partial charge in [-0.2, -0.15) is 0 Å². The molecule has 3 nitrogen and oxygen atoms in total. The summed E-state index contributed by atoms with van der Waals surface area (Å²) < 4.78 is 5.40. The molecular weight excluding hydrogens is 190 g/mol. The van der Waals surface area contributed by atoms with Gasteiger partial charge in [-0.25, -0.2) is 0 Å². The van der Waals surface area contributed by atoms with Gasteiger partial charge in [0.05, 0.1) is 12.1 Å². The van der Waals surface area contributed by atoms with Crippen LogP contribution in [0.1, 0.15) is 27.4 Å². The molecule has 0 atom stereocenters. The van der Waals surface area contributed by atoms with Crippen LogP contribution >= 0.6 is 0 Å². The molecule has 0 aliphatic carbocycles. The summed E-state index contributed by atoms with van der Waals surface area (Å²) in [6.07, 6.45) is 5.16. The van der Waals surface area contributed by atoms with Crippen LogP contribution in [0.4, 0.5) is 0 Å². The quantitative estimate of drug-likeness (QED) is 0.691. The van der Waals surface area contributed by atoms with Crippen molar-refractivity contribution in [3.63, 3.8) is 0 Å². The molecule has 0 aromatic carbocycles. The molecule has 0 bridgehead atoms. The fraction of sp³-hybridized carbons (Fsp3) is 0.417. The van der Waals surface area contributed by atoms with E-state index in [4.69, 9.17) is 10.8 Å². The lowest BCUT2D eigenvalue weighted by atomic mass is 10.1. The first kappa shape index (κ1) is 11.4. The summed E-state index contributed by atoms with van der Waals surface area (Å²) in [6.45, 7) is 5.82. The molecule has 0 saturated heterocycles. The summed E-state index contributed by atoms with van der Waals surface area (Å²) in [5.74, 6) is 3.79. The fourth-order valence-corrected chi connectivity index (χ4v) is 1.51. The minimum absolute atomic E-state index is 0.0835. The zero-order valence-electron chi connectivity index (χ0n) is 9.55. The Morgan fingerprint density at radius 1 is 1.40 bits per heavy atom. The Balaban J connectivity index is 3.07. The van der Waals surface area contributed by atoms with Crippen LogP contribution in [0.5, 0.6) is 0 Å². The van der Waals surface area contributed by atoms with Crippen molar-refractivity contribution in [3.05, 3.63) is 22.6 Å². The van der Waals surface area contributed by atoms with E-state index >= 15 is 0 Å². The highest BCUT2D eigenvalue weighted by atomic mass is 16.3. The maximum absolute atomic E-state index is 12.0. The number of hydrogen-bond acceptors (Lipinski definition) is 2. The zero-order chi connectivity index (χ0) is 11.6. The Kier molecular flexibility index (Phi) is 3.21. The lowest BCUT2D eigenvalue weighted by Gasteiger charge is -2.13. The van der Waals surface area contributed by atoms with Crippen LogP contribution in [0, 0.1) is 33.1 Å². The molecule has 1 aromatic heterocycles. The summed E-state index contributed by atoms with van der Waals surface area (Å²) in [6, 6.07) is 0. The Labute approximate surface area is 90.1 Å². The van der Waals surface area contributed by atoms with Crippen molar-refractivity contribution in [2.24, 2.45) is 0 Å². The number of rotatable bonds is 2. The molecule has 1 rings (SSSR count). The maximum atomic E-state index is 12.0. The topological polar surface area (TPSA) is 33.5 Å². The molecule has 80 valence electrons. The Hall–Kier alpha value is -1.69. The molecular formula is C12H15NO2. The number of amides is 1. The lowest BCUT2D eigenvalue weighted by Crippen LogP contribution is -2.27. The van der Waals surface area contributed by atoms with Crippen LogP contribution in [0.3, 0.4) is 0 Å². The van der Waals surface area contributed by atoms with E-state index in [9.17, 15) is 4.79 Å². The first-order valence-electron chi connectivity index (χ1n) is 4.74.